The first kappa shape index (κ1) is 14.0. The van der Waals surface area contributed by atoms with Gasteiger partial charge in [0.15, 0.2) is 0 Å². The predicted molar refractivity (Wildman–Crippen MR) is 92.3 cm³/mol. The van der Waals surface area contributed by atoms with Crippen molar-refractivity contribution in [2.75, 3.05) is 31.1 Å². The molecule has 1 aromatic carbocycles. The Labute approximate surface area is 132 Å². The molecule has 22 heavy (non-hydrogen) atoms. The Balaban J connectivity index is 1.55. The zero-order valence-electron chi connectivity index (χ0n) is 13.3. The standard InChI is InChI=1S/C19H25N3/c1-2-12-22(13-3-1)19-9-7-17-14-16(6-8-18(17)20-19)15-21-10-4-5-11-21/h6-9,14H,1-5,10-13,15H2. The number of pyridine rings is 1. The maximum Gasteiger partial charge on any atom is 0.129 e. The maximum atomic E-state index is 4.88. The van der Waals surface area contributed by atoms with Gasteiger partial charge in [-0.05, 0) is 75.0 Å². The highest BCUT2D eigenvalue weighted by molar-refractivity contribution is 5.81. The predicted octanol–water partition coefficient (Wildman–Crippen LogP) is 3.82. The number of anilines is 1. The Bertz CT molecular complexity index is 640. The average Bonchev–Trinajstić information content (AvgIpc) is 3.08. The van der Waals surface area contributed by atoms with E-state index in [0.717, 1.165) is 31.0 Å². The summed E-state index contributed by atoms with van der Waals surface area (Å²) in [5.74, 6) is 1.15. The molecule has 2 aliphatic rings. The van der Waals surface area contributed by atoms with Crippen molar-refractivity contribution in [2.24, 2.45) is 0 Å². The quantitative estimate of drug-likeness (QED) is 0.858. The van der Waals surface area contributed by atoms with Crippen LogP contribution < -0.4 is 4.90 Å². The van der Waals surface area contributed by atoms with Crippen molar-refractivity contribution in [1.82, 2.24) is 9.88 Å². The monoisotopic (exact) mass is 295 g/mol. The second-order valence-corrected chi connectivity index (χ2v) is 6.73. The Morgan fingerprint density at radius 2 is 1.59 bits per heavy atom. The van der Waals surface area contributed by atoms with Gasteiger partial charge in [0.1, 0.15) is 5.82 Å². The smallest absolute Gasteiger partial charge is 0.129 e. The van der Waals surface area contributed by atoms with Crippen LogP contribution in [-0.2, 0) is 6.54 Å². The summed E-state index contributed by atoms with van der Waals surface area (Å²) in [6, 6.07) is 11.2. The number of rotatable bonds is 3. The van der Waals surface area contributed by atoms with Crippen molar-refractivity contribution in [3.05, 3.63) is 35.9 Å². The molecule has 2 aromatic rings. The van der Waals surface area contributed by atoms with E-state index in [9.17, 15) is 0 Å². The lowest BCUT2D eigenvalue weighted by Crippen LogP contribution is -2.30. The van der Waals surface area contributed by atoms with E-state index in [1.54, 1.807) is 0 Å². The number of nitrogens with zero attached hydrogens (tertiary/aromatic N) is 3. The third-order valence-corrected chi connectivity index (χ3v) is 5.02. The fourth-order valence-electron chi connectivity index (χ4n) is 3.76. The molecule has 2 aliphatic heterocycles. The van der Waals surface area contributed by atoms with Gasteiger partial charge in [0.25, 0.3) is 0 Å². The zero-order valence-corrected chi connectivity index (χ0v) is 13.3. The van der Waals surface area contributed by atoms with E-state index < -0.39 is 0 Å². The van der Waals surface area contributed by atoms with Gasteiger partial charge in [-0.1, -0.05) is 6.07 Å². The number of benzene rings is 1. The number of hydrogen-bond donors (Lipinski definition) is 0. The van der Waals surface area contributed by atoms with Gasteiger partial charge in [0.05, 0.1) is 5.52 Å². The molecule has 2 fully saturated rings. The molecule has 0 spiro atoms. The maximum absolute atomic E-state index is 4.88. The molecule has 2 saturated heterocycles. The molecule has 0 bridgehead atoms. The van der Waals surface area contributed by atoms with Gasteiger partial charge in [-0.15, -0.1) is 0 Å². The van der Waals surface area contributed by atoms with Gasteiger partial charge in [0, 0.05) is 25.0 Å². The van der Waals surface area contributed by atoms with Crippen molar-refractivity contribution in [1.29, 1.82) is 0 Å². The summed E-state index contributed by atoms with van der Waals surface area (Å²) in [5.41, 5.74) is 2.55. The van der Waals surface area contributed by atoms with E-state index in [0.29, 0.717) is 0 Å². The highest BCUT2D eigenvalue weighted by Crippen LogP contribution is 2.23. The van der Waals surface area contributed by atoms with Crippen LogP contribution in [0.15, 0.2) is 30.3 Å². The molecule has 3 nitrogen and oxygen atoms in total. The first-order valence-electron chi connectivity index (χ1n) is 8.75. The molecule has 1 aromatic heterocycles. The highest BCUT2D eigenvalue weighted by Gasteiger charge is 2.14. The minimum absolute atomic E-state index is 1.09. The Morgan fingerprint density at radius 1 is 0.818 bits per heavy atom. The van der Waals surface area contributed by atoms with Crippen molar-refractivity contribution >= 4 is 16.7 Å². The molecular weight excluding hydrogens is 270 g/mol. The molecule has 0 radical (unpaired) electrons. The third kappa shape index (κ3) is 2.95. The van der Waals surface area contributed by atoms with E-state index in [1.165, 1.54) is 56.1 Å². The highest BCUT2D eigenvalue weighted by atomic mass is 15.2. The lowest BCUT2D eigenvalue weighted by atomic mass is 10.1. The van der Waals surface area contributed by atoms with Crippen LogP contribution in [0.5, 0.6) is 0 Å². The van der Waals surface area contributed by atoms with Crippen molar-refractivity contribution in [3.8, 4) is 0 Å². The Kier molecular flexibility index (Phi) is 3.98. The number of likely N-dealkylation sites (tertiary alicyclic amines) is 1. The molecule has 0 amide bonds. The zero-order chi connectivity index (χ0) is 14.8. The average molecular weight is 295 g/mol. The summed E-state index contributed by atoms with van der Waals surface area (Å²) < 4.78 is 0. The second-order valence-electron chi connectivity index (χ2n) is 6.73. The molecular formula is C19H25N3. The van der Waals surface area contributed by atoms with Gasteiger partial charge in [-0.25, -0.2) is 4.98 Å². The van der Waals surface area contributed by atoms with Crippen molar-refractivity contribution in [2.45, 2.75) is 38.6 Å². The fraction of sp³-hybridized carbons (Fsp3) is 0.526. The summed E-state index contributed by atoms with van der Waals surface area (Å²) in [7, 11) is 0. The van der Waals surface area contributed by atoms with Crippen LogP contribution in [-0.4, -0.2) is 36.1 Å². The summed E-state index contributed by atoms with van der Waals surface area (Å²) in [6.07, 6.45) is 6.68. The topological polar surface area (TPSA) is 19.4 Å². The fourth-order valence-corrected chi connectivity index (χ4v) is 3.76. The lowest BCUT2D eigenvalue weighted by Gasteiger charge is -2.27. The van der Waals surface area contributed by atoms with Gasteiger partial charge in [-0.3, -0.25) is 4.90 Å². The van der Waals surface area contributed by atoms with Crippen LogP contribution in [0.3, 0.4) is 0 Å². The third-order valence-electron chi connectivity index (χ3n) is 5.02. The van der Waals surface area contributed by atoms with E-state index in [1.807, 2.05) is 0 Å². The minimum atomic E-state index is 1.09. The van der Waals surface area contributed by atoms with Crippen molar-refractivity contribution < 1.29 is 0 Å². The van der Waals surface area contributed by atoms with E-state index in [-0.39, 0.29) is 0 Å². The SMILES string of the molecule is c1cc2nc(N3CCCCC3)ccc2cc1CN1CCCC1. The molecule has 3 heteroatoms. The van der Waals surface area contributed by atoms with E-state index in [4.69, 9.17) is 4.98 Å². The molecule has 116 valence electrons. The van der Waals surface area contributed by atoms with Crippen LogP contribution in [0, 0.1) is 0 Å². The van der Waals surface area contributed by atoms with Crippen LogP contribution in [0.1, 0.15) is 37.7 Å². The normalized spacial score (nSPS) is 19.9. The Morgan fingerprint density at radius 3 is 2.41 bits per heavy atom. The Hall–Kier alpha value is -1.61. The van der Waals surface area contributed by atoms with Gasteiger partial charge in [0.2, 0.25) is 0 Å². The first-order chi connectivity index (χ1) is 10.9. The number of aromatic nitrogens is 1. The molecule has 0 saturated carbocycles. The van der Waals surface area contributed by atoms with Crippen molar-refractivity contribution in [3.63, 3.8) is 0 Å². The number of hydrogen-bond acceptors (Lipinski definition) is 3. The van der Waals surface area contributed by atoms with Crippen LogP contribution in [0.4, 0.5) is 5.82 Å². The number of fused-ring (bicyclic) bond motifs is 1. The van der Waals surface area contributed by atoms with Gasteiger partial charge >= 0.3 is 0 Å². The van der Waals surface area contributed by atoms with Crippen LogP contribution in [0.2, 0.25) is 0 Å². The summed E-state index contributed by atoms with van der Waals surface area (Å²) in [6.45, 7) is 5.91. The second kappa shape index (κ2) is 6.25. The van der Waals surface area contributed by atoms with E-state index >= 15 is 0 Å². The largest absolute Gasteiger partial charge is 0.357 e. The summed E-state index contributed by atoms with van der Waals surface area (Å²) in [4.78, 5) is 9.87. The molecule has 0 unspecified atom stereocenters. The van der Waals surface area contributed by atoms with Gasteiger partial charge in [-0.2, -0.15) is 0 Å². The lowest BCUT2D eigenvalue weighted by molar-refractivity contribution is 0.331. The van der Waals surface area contributed by atoms with Gasteiger partial charge < -0.3 is 4.90 Å². The molecule has 0 atom stereocenters. The van der Waals surface area contributed by atoms with Crippen LogP contribution >= 0.6 is 0 Å². The number of piperidine rings is 1. The molecule has 0 N–H and O–H groups in total. The summed E-state index contributed by atoms with van der Waals surface area (Å²) >= 11 is 0. The summed E-state index contributed by atoms with van der Waals surface area (Å²) in [5, 5.41) is 1.28. The minimum Gasteiger partial charge on any atom is -0.357 e. The molecule has 0 aliphatic carbocycles. The molecule has 3 heterocycles. The first-order valence-corrected chi connectivity index (χ1v) is 8.75. The molecule has 4 rings (SSSR count). The van der Waals surface area contributed by atoms with Crippen LogP contribution in [0.25, 0.3) is 10.9 Å². The van der Waals surface area contributed by atoms with E-state index in [2.05, 4.69) is 40.1 Å².